The van der Waals surface area contributed by atoms with Crippen LogP contribution >= 0.6 is 0 Å². The molecule has 1 heterocycles. The van der Waals surface area contributed by atoms with Gasteiger partial charge in [-0.2, -0.15) is 0 Å². The third-order valence-corrected chi connectivity index (χ3v) is 5.94. The van der Waals surface area contributed by atoms with E-state index in [2.05, 4.69) is 18.5 Å². The van der Waals surface area contributed by atoms with Crippen molar-refractivity contribution in [1.82, 2.24) is 10.2 Å². The van der Waals surface area contributed by atoms with Crippen LogP contribution in [0.15, 0.2) is 55.6 Å². The van der Waals surface area contributed by atoms with Crippen molar-refractivity contribution >= 4 is 23.8 Å². The molecular formula is C27H36N2O7. The molecule has 1 aliphatic rings. The van der Waals surface area contributed by atoms with Crippen molar-refractivity contribution in [2.75, 3.05) is 19.8 Å². The standard InChI is InChI=1S/C27H36N2O7/c1-3-5-14-25(32)35-19-23(27(34)36-18-20-11-7-6-8-12-20)28-26(33)21(10-4-2)16-24(31)29-15-9-13-22(29)17-30/h3-4,6-8,11-12,21-23,30H,1-2,5,9-10,13-19H2,(H,28,33). The summed E-state index contributed by atoms with van der Waals surface area (Å²) >= 11 is 0. The van der Waals surface area contributed by atoms with E-state index in [9.17, 15) is 24.3 Å². The van der Waals surface area contributed by atoms with Crippen LogP contribution in [0.3, 0.4) is 0 Å². The van der Waals surface area contributed by atoms with Gasteiger partial charge in [0.05, 0.1) is 18.6 Å². The third kappa shape index (κ3) is 9.30. The number of carbonyl (C=O) groups excluding carboxylic acids is 4. The normalized spacial score (nSPS) is 16.5. The van der Waals surface area contributed by atoms with Crippen LogP contribution in [-0.4, -0.2) is 65.6 Å². The van der Waals surface area contributed by atoms with Crippen molar-refractivity contribution in [2.45, 2.75) is 57.2 Å². The van der Waals surface area contributed by atoms with Crippen molar-refractivity contribution < 1.29 is 33.8 Å². The molecule has 0 radical (unpaired) electrons. The van der Waals surface area contributed by atoms with Gasteiger partial charge in [0, 0.05) is 19.4 Å². The van der Waals surface area contributed by atoms with E-state index in [1.165, 1.54) is 6.08 Å². The average molecular weight is 501 g/mol. The van der Waals surface area contributed by atoms with Crippen LogP contribution in [0.5, 0.6) is 0 Å². The number of allylic oxidation sites excluding steroid dienone is 2. The average Bonchev–Trinajstić information content (AvgIpc) is 3.37. The Labute approximate surface area is 212 Å². The molecule has 0 saturated carbocycles. The summed E-state index contributed by atoms with van der Waals surface area (Å²) in [6.07, 6.45) is 5.24. The molecule has 0 spiro atoms. The van der Waals surface area contributed by atoms with E-state index in [-0.39, 0.29) is 44.4 Å². The van der Waals surface area contributed by atoms with E-state index in [0.717, 1.165) is 12.0 Å². The van der Waals surface area contributed by atoms with Gasteiger partial charge in [0.1, 0.15) is 13.2 Å². The lowest BCUT2D eigenvalue weighted by atomic mass is 9.98. The van der Waals surface area contributed by atoms with Gasteiger partial charge in [-0.15, -0.1) is 13.2 Å². The minimum Gasteiger partial charge on any atom is -0.463 e. The summed E-state index contributed by atoms with van der Waals surface area (Å²) < 4.78 is 10.5. The zero-order valence-corrected chi connectivity index (χ0v) is 20.6. The van der Waals surface area contributed by atoms with Crippen molar-refractivity contribution in [3.63, 3.8) is 0 Å². The summed E-state index contributed by atoms with van der Waals surface area (Å²) in [5, 5.41) is 12.1. The van der Waals surface area contributed by atoms with E-state index < -0.39 is 36.4 Å². The summed E-state index contributed by atoms with van der Waals surface area (Å²) in [6, 6.07) is 7.54. The van der Waals surface area contributed by atoms with Gasteiger partial charge in [0.15, 0.2) is 6.04 Å². The molecule has 2 rings (SSSR count). The number of nitrogens with one attached hydrogen (secondary N) is 1. The molecule has 36 heavy (non-hydrogen) atoms. The molecule has 0 aliphatic carbocycles. The molecule has 9 nitrogen and oxygen atoms in total. The zero-order valence-electron chi connectivity index (χ0n) is 20.6. The number of likely N-dealkylation sites (tertiary alicyclic amines) is 1. The fourth-order valence-corrected chi connectivity index (χ4v) is 3.92. The van der Waals surface area contributed by atoms with Crippen LogP contribution in [0.1, 0.15) is 44.1 Å². The Bertz CT molecular complexity index is 903. The lowest BCUT2D eigenvalue weighted by molar-refractivity contribution is -0.155. The van der Waals surface area contributed by atoms with Crippen LogP contribution in [-0.2, 0) is 35.3 Å². The number of hydrogen-bond donors (Lipinski definition) is 2. The molecule has 0 bridgehead atoms. The fourth-order valence-electron chi connectivity index (χ4n) is 3.92. The zero-order chi connectivity index (χ0) is 26.3. The molecule has 2 N–H and O–H groups in total. The van der Waals surface area contributed by atoms with E-state index in [1.54, 1.807) is 23.1 Å². The SMILES string of the molecule is C=CCCC(=O)OCC(NC(=O)C(CC=C)CC(=O)N1CCCC1CO)C(=O)OCc1ccccc1. The highest BCUT2D eigenvalue weighted by Gasteiger charge is 2.33. The number of hydrogen-bond acceptors (Lipinski definition) is 7. The van der Waals surface area contributed by atoms with Gasteiger partial charge in [-0.3, -0.25) is 14.4 Å². The van der Waals surface area contributed by atoms with Gasteiger partial charge in [-0.1, -0.05) is 42.5 Å². The first-order valence-electron chi connectivity index (χ1n) is 12.2. The maximum absolute atomic E-state index is 13.1. The first kappa shape index (κ1) is 28.8. The van der Waals surface area contributed by atoms with Crippen molar-refractivity contribution in [3.8, 4) is 0 Å². The number of benzene rings is 1. The van der Waals surface area contributed by atoms with Crippen molar-refractivity contribution in [1.29, 1.82) is 0 Å². The Hall–Kier alpha value is -3.46. The van der Waals surface area contributed by atoms with Gasteiger partial charge < -0.3 is 24.8 Å². The van der Waals surface area contributed by atoms with Crippen molar-refractivity contribution in [3.05, 3.63) is 61.2 Å². The predicted octanol–water partition coefficient (Wildman–Crippen LogP) is 2.29. The minimum absolute atomic E-state index is 0.0114. The summed E-state index contributed by atoms with van der Waals surface area (Å²) in [5.41, 5.74) is 0.762. The number of carbonyl (C=O) groups is 4. The van der Waals surface area contributed by atoms with Gasteiger partial charge in [-0.25, -0.2) is 4.79 Å². The van der Waals surface area contributed by atoms with Crippen LogP contribution in [0, 0.1) is 5.92 Å². The number of amides is 2. The first-order chi connectivity index (χ1) is 17.4. The molecule has 1 aromatic rings. The Morgan fingerprint density at radius 2 is 1.89 bits per heavy atom. The summed E-state index contributed by atoms with van der Waals surface area (Å²) in [6.45, 7) is 7.22. The first-order valence-corrected chi connectivity index (χ1v) is 12.2. The van der Waals surface area contributed by atoms with Gasteiger partial charge >= 0.3 is 11.9 Å². The number of nitrogens with zero attached hydrogens (tertiary/aromatic N) is 1. The van der Waals surface area contributed by atoms with Gasteiger partial charge in [0.2, 0.25) is 11.8 Å². The van der Waals surface area contributed by atoms with Gasteiger partial charge in [0.25, 0.3) is 0 Å². The van der Waals surface area contributed by atoms with Crippen molar-refractivity contribution in [2.24, 2.45) is 5.92 Å². The maximum Gasteiger partial charge on any atom is 0.332 e. The summed E-state index contributed by atoms with van der Waals surface area (Å²) in [4.78, 5) is 52.3. The lowest BCUT2D eigenvalue weighted by Gasteiger charge is -2.26. The van der Waals surface area contributed by atoms with Crippen LogP contribution in [0.25, 0.3) is 0 Å². The quantitative estimate of drug-likeness (QED) is 0.280. The minimum atomic E-state index is -1.24. The predicted molar refractivity (Wildman–Crippen MR) is 133 cm³/mol. The van der Waals surface area contributed by atoms with E-state index in [1.807, 2.05) is 18.2 Å². The van der Waals surface area contributed by atoms with E-state index >= 15 is 0 Å². The Balaban J connectivity index is 2.06. The lowest BCUT2D eigenvalue weighted by Crippen LogP contribution is -2.48. The molecular weight excluding hydrogens is 464 g/mol. The Morgan fingerprint density at radius 1 is 1.14 bits per heavy atom. The smallest absolute Gasteiger partial charge is 0.332 e. The largest absolute Gasteiger partial charge is 0.463 e. The second kappa shape index (κ2) is 15.5. The number of ether oxygens (including phenoxy) is 2. The monoisotopic (exact) mass is 500 g/mol. The van der Waals surface area contributed by atoms with Crippen LogP contribution in [0.2, 0.25) is 0 Å². The summed E-state index contributed by atoms with van der Waals surface area (Å²) in [7, 11) is 0. The highest BCUT2D eigenvalue weighted by molar-refractivity contribution is 5.89. The molecule has 0 aromatic heterocycles. The molecule has 3 unspecified atom stereocenters. The molecule has 9 heteroatoms. The number of rotatable bonds is 15. The van der Waals surface area contributed by atoms with E-state index in [4.69, 9.17) is 9.47 Å². The molecule has 1 fully saturated rings. The Kier molecular flexibility index (Phi) is 12.4. The molecule has 196 valence electrons. The number of aliphatic hydroxyl groups is 1. The maximum atomic E-state index is 13.1. The third-order valence-electron chi connectivity index (χ3n) is 5.94. The topological polar surface area (TPSA) is 122 Å². The van der Waals surface area contributed by atoms with Gasteiger partial charge in [-0.05, 0) is 31.2 Å². The number of aliphatic hydroxyl groups excluding tert-OH is 1. The summed E-state index contributed by atoms with van der Waals surface area (Å²) in [5.74, 6) is -2.87. The second-order valence-corrected chi connectivity index (χ2v) is 8.66. The van der Waals surface area contributed by atoms with E-state index in [0.29, 0.717) is 19.4 Å². The van der Waals surface area contributed by atoms with Crippen LogP contribution in [0.4, 0.5) is 0 Å². The number of esters is 2. The Morgan fingerprint density at radius 3 is 2.56 bits per heavy atom. The highest BCUT2D eigenvalue weighted by Crippen LogP contribution is 2.21. The molecule has 1 aromatic carbocycles. The highest BCUT2D eigenvalue weighted by atomic mass is 16.6. The molecule has 1 aliphatic heterocycles. The molecule has 1 saturated heterocycles. The fraction of sp³-hybridized carbons (Fsp3) is 0.481. The van der Waals surface area contributed by atoms with Crippen LogP contribution < -0.4 is 5.32 Å². The second-order valence-electron chi connectivity index (χ2n) is 8.66. The molecule has 2 amide bonds. The molecule has 3 atom stereocenters.